The molecule has 2 N–H and O–H groups in total. The van der Waals surface area contributed by atoms with Crippen LogP contribution in [0.5, 0.6) is 0 Å². The Hall–Kier alpha value is -1.79. The molecule has 1 amide bonds. The SMILES string of the molecule is O=C(NCc1ccccn1)c1csc(C2CCCN2)n1. The van der Waals surface area contributed by atoms with Crippen LogP contribution >= 0.6 is 11.3 Å². The third kappa shape index (κ3) is 3.02. The molecule has 20 heavy (non-hydrogen) atoms. The van der Waals surface area contributed by atoms with Crippen molar-refractivity contribution in [2.75, 3.05) is 6.54 Å². The second-order valence-electron chi connectivity index (χ2n) is 4.72. The third-order valence-corrected chi connectivity index (χ3v) is 4.23. The molecular weight excluding hydrogens is 272 g/mol. The van der Waals surface area contributed by atoms with E-state index < -0.39 is 0 Å². The lowest BCUT2D eigenvalue weighted by atomic mass is 10.2. The van der Waals surface area contributed by atoms with Gasteiger partial charge in [-0.1, -0.05) is 6.07 Å². The van der Waals surface area contributed by atoms with Gasteiger partial charge in [-0.15, -0.1) is 11.3 Å². The number of thiazole rings is 1. The van der Waals surface area contributed by atoms with Crippen molar-refractivity contribution >= 4 is 17.2 Å². The monoisotopic (exact) mass is 288 g/mol. The van der Waals surface area contributed by atoms with Crippen LogP contribution in [0.15, 0.2) is 29.8 Å². The summed E-state index contributed by atoms with van der Waals surface area (Å²) in [5.74, 6) is -0.142. The van der Waals surface area contributed by atoms with Gasteiger partial charge in [-0.3, -0.25) is 9.78 Å². The molecule has 6 heteroatoms. The Morgan fingerprint density at radius 2 is 2.45 bits per heavy atom. The molecule has 1 aliphatic heterocycles. The maximum absolute atomic E-state index is 12.0. The first kappa shape index (κ1) is 13.2. The van der Waals surface area contributed by atoms with E-state index in [0.717, 1.165) is 23.7 Å². The molecule has 3 rings (SSSR count). The summed E-state index contributed by atoms with van der Waals surface area (Å²) < 4.78 is 0. The molecule has 104 valence electrons. The molecule has 1 aliphatic rings. The van der Waals surface area contributed by atoms with E-state index in [1.54, 1.807) is 17.5 Å². The van der Waals surface area contributed by atoms with E-state index in [9.17, 15) is 4.79 Å². The Labute approximate surface area is 121 Å². The highest BCUT2D eigenvalue weighted by Crippen LogP contribution is 2.25. The maximum Gasteiger partial charge on any atom is 0.271 e. The minimum Gasteiger partial charge on any atom is -0.345 e. The molecule has 0 aromatic carbocycles. The number of amides is 1. The first-order chi connectivity index (χ1) is 9.83. The minimum absolute atomic E-state index is 0.142. The molecule has 0 aliphatic carbocycles. The van der Waals surface area contributed by atoms with Gasteiger partial charge in [0.15, 0.2) is 0 Å². The first-order valence-corrected chi connectivity index (χ1v) is 7.58. The van der Waals surface area contributed by atoms with Gasteiger partial charge in [0.05, 0.1) is 18.3 Å². The minimum atomic E-state index is -0.142. The van der Waals surface area contributed by atoms with Crippen molar-refractivity contribution in [2.24, 2.45) is 0 Å². The number of carbonyl (C=O) groups excluding carboxylic acids is 1. The van der Waals surface area contributed by atoms with Crippen LogP contribution in [0.3, 0.4) is 0 Å². The van der Waals surface area contributed by atoms with Crippen LogP contribution in [0.1, 0.15) is 40.1 Å². The molecule has 2 aromatic heterocycles. The van der Waals surface area contributed by atoms with Gasteiger partial charge in [0.2, 0.25) is 0 Å². The summed E-state index contributed by atoms with van der Waals surface area (Å²) in [5.41, 5.74) is 1.34. The van der Waals surface area contributed by atoms with Gasteiger partial charge >= 0.3 is 0 Å². The summed E-state index contributed by atoms with van der Waals surface area (Å²) in [7, 11) is 0. The van der Waals surface area contributed by atoms with Crippen molar-refractivity contribution in [3.05, 3.63) is 46.2 Å². The van der Waals surface area contributed by atoms with Crippen molar-refractivity contribution in [3.8, 4) is 0 Å². The van der Waals surface area contributed by atoms with Crippen LogP contribution in [0.4, 0.5) is 0 Å². The van der Waals surface area contributed by atoms with Crippen molar-refractivity contribution in [2.45, 2.75) is 25.4 Å². The van der Waals surface area contributed by atoms with Crippen molar-refractivity contribution in [1.82, 2.24) is 20.6 Å². The van der Waals surface area contributed by atoms with Crippen LogP contribution in [0, 0.1) is 0 Å². The third-order valence-electron chi connectivity index (χ3n) is 3.27. The molecule has 1 atom stereocenters. The van der Waals surface area contributed by atoms with Gasteiger partial charge in [0, 0.05) is 11.6 Å². The number of aromatic nitrogens is 2. The van der Waals surface area contributed by atoms with Crippen LogP contribution in [-0.4, -0.2) is 22.4 Å². The Morgan fingerprint density at radius 3 is 3.20 bits per heavy atom. The van der Waals surface area contributed by atoms with Gasteiger partial charge < -0.3 is 10.6 Å². The molecule has 1 unspecified atom stereocenters. The van der Waals surface area contributed by atoms with E-state index in [0.29, 0.717) is 18.3 Å². The molecule has 0 bridgehead atoms. The summed E-state index contributed by atoms with van der Waals surface area (Å²) >= 11 is 1.55. The van der Waals surface area contributed by atoms with Crippen LogP contribution in [-0.2, 0) is 6.54 Å². The smallest absolute Gasteiger partial charge is 0.271 e. The first-order valence-electron chi connectivity index (χ1n) is 6.70. The number of pyridine rings is 1. The normalized spacial score (nSPS) is 18.1. The lowest BCUT2D eigenvalue weighted by molar-refractivity contribution is 0.0946. The topological polar surface area (TPSA) is 66.9 Å². The summed E-state index contributed by atoms with van der Waals surface area (Å²) in [6.07, 6.45) is 3.99. The average Bonchev–Trinajstić information content (AvgIpc) is 3.16. The molecule has 0 saturated carbocycles. The fourth-order valence-corrected chi connectivity index (χ4v) is 3.12. The average molecular weight is 288 g/mol. The number of hydrogen-bond acceptors (Lipinski definition) is 5. The fraction of sp³-hybridized carbons (Fsp3) is 0.357. The van der Waals surface area contributed by atoms with Crippen LogP contribution < -0.4 is 10.6 Å². The number of nitrogens with zero attached hydrogens (tertiary/aromatic N) is 2. The largest absolute Gasteiger partial charge is 0.345 e. The molecular formula is C14H16N4OS. The second kappa shape index (κ2) is 6.11. The van der Waals surface area contributed by atoms with E-state index in [4.69, 9.17) is 0 Å². The van der Waals surface area contributed by atoms with Crippen molar-refractivity contribution < 1.29 is 4.79 Å². The standard InChI is InChI=1S/C14H16N4OS/c19-13(17-8-10-4-1-2-6-15-10)12-9-20-14(18-12)11-5-3-7-16-11/h1-2,4,6,9,11,16H,3,5,7-8H2,(H,17,19). The summed E-state index contributed by atoms with van der Waals surface area (Å²) in [4.78, 5) is 20.6. The lowest BCUT2D eigenvalue weighted by Crippen LogP contribution is -2.23. The zero-order chi connectivity index (χ0) is 13.8. The predicted octanol–water partition coefficient (Wildman–Crippen LogP) is 1.89. The van der Waals surface area contributed by atoms with E-state index in [-0.39, 0.29) is 5.91 Å². The van der Waals surface area contributed by atoms with Gasteiger partial charge in [0.25, 0.3) is 5.91 Å². The van der Waals surface area contributed by atoms with Gasteiger partial charge in [-0.05, 0) is 31.5 Å². The van der Waals surface area contributed by atoms with E-state index in [1.165, 1.54) is 6.42 Å². The Kier molecular flexibility index (Phi) is 4.03. The zero-order valence-corrected chi connectivity index (χ0v) is 11.8. The highest BCUT2D eigenvalue weighted by Gasteiger charge is 2.20. The van der Waals surface area contributed by atoms with E-state index >= 15 is 0 Å². The highest BCUT2D eigenvalue weighted by molar-refractivity contribution is 7.09. The molecule has 0 radical (unpaired) electrons. The number of hydrogen-bond donors (Lipinski definition) is 2. The Morgan fingerprint density at radius 1 is 1.50 bits per heavy atom. The van der Waals surface area contributed by atoms with Gasteiger partial charge in [-0.25, -0.2) is 4.98 Å². The van der Waals surface area contributed by atoms with E-state index in [1.807, 2.05) is 23.6 Å². The number of rotatable bonds is 4. The molecule has 0 spiro atoms. The number of carbonyl (C=O) groups is 1. The Balaban J connectivity index is 1.59. The molecule has 1 saturated heterocycles. The van der Waals surface area contributed by atoms with E-state index in [2.05, 4.69) is 20.6 Å². The highest BCUT2D eigenvalue weighted by atomic mass is 32.1. The number of nitrogens with one attached hydrogen (secondary N) is 2. The molecule has 5 nitrogen and oxygen atoms in total. The lowest BCUT2D eigenvalue weighted by Gasteiger charge is -2.05. The van der Waals surface area contributed by atoms with Gasteiger partial charge in [-0.2, -0.15) is 0 Å². The predicted molar refractivity (Wildman–Crippen MR) is 77.5 cm³/mol. The Bertz CT molecular complexity index is 578. The molecule has 3 heterocycles. The quantitative estimate of drug-likeness (QED) is 0.901. The molecule has 2 aromatic rings. The van der Waals surface area contributed by atoms with Crippen molar-refractivity contribution in [1.29, 1.82) is 0 Å². The summed E-state index contributed by atoms with van der Waals surface area (Å²) in [6, 6.07) is 5.96. The second-order valence-corrected chi connectivity index (χ2v) is 5.61. The maximum atomic E-state index is 12.0. The van der Waals surface area contributed by atoms with Gasteiger partial charge in [0.1, 0.15) is 10.7 Å². The van der Waals surface area contributed by atoms with Crippen molar-refractivity contribution in [3.63, 3.8) is 0 Å². The van der Waals surface area contributed by atoms with Crippen LogP contribution in [0.2, 0.25) is 0 Å². The van der Waals surface area contributed by atoms with Crippen LogP contribution in [0.25, 0.3) is 0 Å². The summed E-state index contributed by atoms with van der Waals surface area (Å²) in [6.45, 7) is 1.46. The zero-order valence-electron chi connectivity index (χ0n) is 11.0. The summed E-state index contributed by atoms with van der Waals surface area (Å²) in [5, 5.41) is 9.06. The fourth-order valence-electron chi connectivity index (χ4n) is 2.21. The molecule has 1 fully saturated rings.